The van der Waals surface area contributed by atoms with Crippen molar-refractivity contribution in [3.8, 4) is 0 Å². The Hall–Kier alpha value is -1.75. The van der Waals surface area contributed by atoms with Crippen molar-refractivity contribution in [1.29, 1.82) is 0 Å². The summed E-state index contributed by atoms with van der Waals surface area (Å²) in [6.07, 6.45) is 2.89. The van der Waals surface area contributed by atoms with Gasteiger partial charge >= 0.3 is 6.03 Å². The van der Waals surface area contributed by atoms with E-state index >= 15 is 0 Å². The summed E-state index contributed by atoms with van der Waals surface area (Å²) in [5.41, 5.74) is 1.19. The van der Waals surface area contributed by atoms with E-state index in [-0.39, 0.29) is 18.1 Å². The number of benzene rings is 1. The number of aliphatic hydroxyl groups excluding tert-OH is 1. The second kappa shape index (κ2) is 8.92. The van der Waals surface area contributed by atoms with Gasteiger partial charge in [0.15, 0.2) is 0 Å². The number of amides is 2. The first-order valence-corrected chi connectivity index (χ1v) is 8.93. The van der Waals surface area contributed by atoms with Crippen molar-refractivity contribution in [2.75, 3.05) is 37.7 Å². The molecule has 134 valence electrons. The maximum atomic E-state index is 11.9. The Morgan fingerprint density at radius 1 is 1.29 bits per heavy atom. The molecule has 0 spiro atoms. The van der Waals surface area contributed by atoms with E-state index in [1.165, 1.54) is 5.69 Å². The number of nitrogens with one attached hydrogen (secondary N) is 2. The minimum Gasteiger partial charge on any atom is -0.396 e. The average Bonchev–Trinajstić information content (AvgIpc) is 3.07. The highest BCUT2D eigenvalue weighted by atomic mass is 16.3. The monoisotopic (exact) mass is 333 g/mol. The zero-order valence-corrected chi connectivity index (χ0v) is 14.9. The first-order valence-electron chi connectivity index (χ1n) is 8.93. The first-order chi connectivity index (χ1) is 11.5. The first kappa shape index (κ1) is 18.6. The number of hydrogen-bond donors (Lipinski definition) is 3. The fraction of sp³-hybridized carbons (Fsp3) is 0.632. The van der Waals surface area contributed by atoms with Crippen molar-refractivity contribution < 1.29 is 9.90 Å². The average molecular weight is 333 g/mol. The Bertz CT molecular complexity index is 505. The quantitative estimate of drug-likeness (QED) is 0.641. The lowest BCUT2D eigenvalue weighted by Crippen LogP contribution is -2.39. The zero-order chi connectivity index (χ0) is 17.4. The third-order valence-electron chi connectivity index (χ3n) is 4.70. The smallest absolute Gasteiger partial charge is 0.314 e. The maximum Gasteiger partial charge on any atom is 0.314 e. The summed E-state index contributed by atoms with van der Waals surface area (Å²) < 4.78 is 0. The standard InChI is InChI=1S/C19H31N3O2/c1-19(2,15-23)10-6-11-20-18(24)21-13-16-9-12-22(14-16)17-7-4-3-5-8-17/h3-5,7-8,16,23H,6,9-15H2,1-2H3,(H2,20,21,24). The lowest BCUT2D eigenvalue weighted by atomic mass is 9.89. The van der Waals surface area contributed by atoms with Crippen LogP contribution in [0.1, 0.15) is 33.1 Å². The van der Waals surface area contributed by atoms with Crippen molar-refractivity contribution in [3.63, 3.8) is 0 Å². The van der Waals surface area contributed by atoms with E-state index < -0.39 is 0 Å². The Morgan fingerprint density at radius 2 is 2.04 bits per heavy atom. The van der Waals surface area contributed by atoms with Crippen LogP contribution >= 0.6 is 0 Å². The Balaban J connectivity index is 1.59. The van der Waals surface area contributed by atoms with Gasteiger partial charge in [-0.25, -0.2) is 4.79 Å². The highest BCUT2D eigenvalue weighted by Gasteiger charge is 2.23. The predicted octanol–water partition coefficient (Wildman–Crippen LogP) is 2.61. The molecule has 1 atom stereocenters. The van der Waals surface area contributed by atoms with Crippen LogP contribution in [0.2, 0.25) is 0 Å². The molecule has 1 aliphatic rings. The molecule has 5 heteroatoms. The molecule has 1 heterocycles. The van der Waals surface area contributed by atoms with Crippen LogP contribution in [0, 0.1) is 11.3 Å². The lowest BCUT2D eigenvalue weighted by molar-refractivity contribution is 0.148. The SMILES string of the molecule is CC(C)(CO)CCCNC(=O)NCC1CCN(c2ccccc2)C1. The molecule has 1 unspecified atom stereocenters. The van der Waals surface area contributed by atoms with Crippen LogP contribution in [0.5, 0.6) is 0 Å². The summed E-state index contributed by atoms with van der Waals surface area (Å²) in [6.45, 7) is 7.66. The highest BCUT2D eigenvalue weighted by Crippen LogP contribution is 2.23. The number of hydrogen-bond acceptors (Lipinski definition) is 3. The van der Waals surface area contributed by atoms with Crippen molar-refractivity contribution in [2.45, 2.75) is 33.1 Å². The summed E-state index contributed by atoms with van der Waals surface area (Å²) in [7, 11) is 0. The molecule has 1 aromatic carbocycles. The number of para-hydroxylation sites is 1. The summed E-state index contributed by atoms with van der Waals surface area (Å²) >= 11 is 0. The van der Waals surface area contributed by atoms with Crippen LogP contribution in [-0.4, -0.2) is 43.9 Å². The number of urea groups is 1. The van der Waals surface area contributed by atoms with Gasteiger partial charge in [-0.3, -0.25) is 0 Å². The normalized spacial score (nSPS) is 17.8. The molecule has 5 nitrogen and oxygen atoms in total. The van der Waals surface area contributed by atoms with E-state index in [2.05, 4.69) is 39.8 Å². The molecular weight excluding hydrogens is 302 g/mol. The number of aliphatic hydroxyl groups is 1. The van der Waals surface area contributed by atoms with E-state index in [0.717, 1.165) is 38.9 Å². The van der Waals surface area contributed by atoms with Gasteiger partial charge in [0.2, 0.25) is 0 Å². The Kier molecular flexibility index (Phi) is 6.91. The summed E-state index contributed by atoms with van der Waals surface area (Å²) in [5, 5.41) is 15.1. The van der Waals surface area contributed by atoms with E-state index in [4.69, 9.17) is 0 Å². The molecule has 24 heavy (non-hydrogen) atoms. The molecule has 1 aliphatic heterocycles. The van der Waals surface area contributed by atoms with E-state index in [0.29, 0.717) is 12.5 Å². The largest absolute Gasteiger partial charge is 0.396 e. The van der Waals surface area contributed by atoms with Gasteiger partial charge in [0.25, 0.3) is 0 Å². The molecule has 0 radical (unpaired) electrons. The molecule has 1 fully saturated rings. The fourth-order valence-corrected chi connectivity index (χ4v) is 3.02. The zero-order valence-electron chi connectivity index (χ0n) is 14.9. The van der Waals surface area contributed by atoms with Gasteiger partial charge in [0, 0.05) is 38.5 Å². The molecule has 0 saturated carbocycles. The number of anilines is 1. The van der Waals surface area contributed by atoms with Crippen LogP contribution in [0.4, 0.5) is 10.5 Å². The van der Waals surface area contributed by atoms with Crippen molar-refractivity contribution in [2.24, 2.45) is 11.3 Å². The molecule has 1 saturated heterocycles. The molecule has 3 N–H and O–H groups in total. The van der Waals surface area contributed by atoms with Gasteiger partial charge in [-0.1, -0.05) is 32.0 Å². The van der Waals surface area contributed by atoms with Gasteiger partial charge in [-0.2, -0.15) is 0 Å². The van der Waals surface area contributed by atoms with Gasteiger partial charge in [-0.05, 0) is 42.7 Å². The van der Waals surface area contributed by atoms with Crippen molar-refractivity contribution >= 4 is 11.7 Å². The van der Waals surface area contributed by atoms with Crippen LogP contribution in [-0.2, 0) is 0 Å². The minimum atomic E-state index is -0.0880. The Labute approximate surface area is 145 Å². The van der Waals surface area contributed by atoms with Gasteiger partial charge in [0.05, 0.1) is 0 Å². The molecule has 0 aliphatic carbocycles. The van der Waals surface area contributed by atoms with Gasteiger partial charge in [0.1, 0.15) is 0 Å². The number of carbonyl (C=O) groups excluding carboxylic acids is 1. The molecule has 2 amide bonds. The predicted molar refractivity (Wildman–Crippen MR) is 98.3 cm³/mol. The van der Waals surface area contributed by atoms with Gasteiger partial charge < -0.3 is 20.6 Å². The third-order valence-corrected chi connectivity index (χ3v) is 4.70. The van der Waals surface area contributed by atoms with E-state index in [1.807, 2.05) is 19.9 Å². The number of carbonyl (C=O) groups is 1. The second-order valence-corrected chi connectivity index (χ2v) is 7.50. The molecular formula is C19H31N3O2. The Morgan fingerprint density at radius 3 is 2.75 bits per heavy atom. The summed E-state index contributed by atoms with van der Waals surface area (Å²) in [6, 6.07) is 10.3. The number of nitrogens with zero attached hydrogens (tertiary/aromatic N) is 1. The molecule has 1 aromatic rings. The molecule has 2 rings (SSSR count). The molecule has 0 bridgehead atoms. The summed E-state index contributed by atoms with van der Waals surface area (Å²) in [4.78, 5) is 14.2. The topological polar surface area (TPSA) is 64.6 Å². The summed E-state index contributed by atoms with van der Waals surface area (Å²) in [5.74, 6) is 0.504. The lowest BCUT2D eigenvalue weighted by Gasteiger charge is -2.21. The van der Waals surface area contributed by atoms with Gasteiger partial charge in [-0.15, -0.1) is 0 Å². The third kappa shape index (κ3) is 6.04. The van der Waals surface area contributed by atoms with E-state index in [9.17, 15) is 9.90 Å². The van der Waals surface area contributed by atoms with Crippen LogP contribution in [0.15, 0.2) is 30.3 Å². The van der Waals surface area contributed by atoms with Crippen LogP contribution < -0.4 is 15.5 Å². The van der Waals surface area contributed by atoms with Crippen molar-refractivity contribution in [3.05, 3.63) is 30.3 Å². The highest BCUT2D eigenvalue weighted by molar-refractivity contribution is 5.73. The minimum absolute atomic E-state index is 0.0666. The van der Waals surface area contributed by atoms with Crippen LogP contribution in [0.25, 0.3) is 0 Å². The molecule has 0 aromatic heterocycles. The van der Waals surface area contributed by atoms with Crippen molar-refractivity contribution in [1.82, 2.24) is 10.6 Å². The number of rotatable bonds is 8. The second-order valence-electron chi connectivity index (χ2n) is 7.50. The van der Waals surface area contributed by atoms with E-state index in [1.54, 1.807) is 0 Å². The van der Waals surface area contributed by atoms with Crippen LogP contribution in [0.3, 0.4) is 0 Å². The maximum absolute atomic E-state index is 11.9. The fourth-order valence-electron chi connectivity index (χ4n) is 3.02.